The lowest BCUT2D eigenvalue weighted by Gasteiger charge is -2.32. The predicted molar refractivity (Wildman–Crippen MR) is 168 cm³/mol. The number of anilines is 1. The van der Waals surface area contributed by atoms with Gasteiger partial charge in [0.05, 0.1) is 19.1 Å². The van der Waals surface area contributed by atoms with E-state index in [1.54, 1.807) is 36.3 Å². The molecule has 3 rings (SSSR count). The maximum atomic E-state index is 13.9. The van der Waals surface area contributed by atoms with Crippen molar-refractivity contribution in [3.63, 3.8) is 0 Å². The van der Waals surface area contributed by atoms with Crippen molar-refractivity contribution in [1.29, 1.82) is 0 Å². The zero-order valence-electron chi connectivity index (χ0n) is 24.5. The molecule has 1 N–H and O–H groups in total. The molecule has 0 radical (unpaired) electrons. The van der Waals surface area contributed by atoms with Crippen LogP contribution in [0.2, 0.25) is 5.02 Å². The number of carbonyl (C=O) groups excluding carboxylic acids is 2. The Morgan fingerprint density at radius 3 is 2.33 bits per heavy atom. The number of hydrogen-bond acceptors (Lipinski definition) is 5. The SMILES string of the molecule is CCCCNC(=O)[C@H](Cc1ccccc1)N(Cc1cccc(OC)c1)C(=O)CCCN(c1cccc(Cl)c1)S(C)(=O)=O. The fourth-order valence-electron chi connectivity index (χ4n) is 4.66. The number of ether oxygens (including phenoxy) is 1. The van der Waals surface area contributed by atoms with Crippen LogP contribution in [-0.2, 0) is 32.6 Å². The molecule has 0 spiro atoms. The van der Waals surface area contributed by atoms with E-state index in [4.69, 9.17) is 16.3 Å². The number of carbonyl (C=O) groups is 2. The quantitative estimate of drug-likeness (QED) is 0.217. The van der Waals surface area contributed by atoms with Gasteiger partial charge in [-0.1, -0.05) is 73.5 Å². The van der Waals surface area contributed by atoms with Crippen molar-refractivity contribution in [1.82, 2.24) is 10.2 Å². The average molecular weight is 614 g/mol. The van der Waals surface area contributed by atoms with Crippen LogP contribution < -0.4 is 14.4 Å². The summed E-state index contributed by atoms with van der Waals surface area (Å²) in [6.45, 7) is 2.85. The van der Waals surface area contributed by atoms with Crippen molar-refractivity contribution in [2.24, 2.45) is 0 Å². The van der Waals surface area contributed by atoms with Gasteiger partial charge in [0.25, 0.3) is 0 Å². The standard InChI is InChI=1S/C32H40ClN3O5S/c1-4-5-19-34-32(38)30(22-25-12-7-6-8-13-25)35(24-26-14-9-17-29(21-26)41-2)31(37)18-11-20-36(42(3,39)40)28-16-10-15-27(33)23-28/h6-10,12-17,21,23,30H,4-5,11,18-20,22,24H2,1-3H3,(H,34,38)/t30-/m0/s1. The maximum Gasteiger partial charge on any atom is 0.243 e. The van der Waals surface area contributed by atoms with E-state index >= 15 is 0 Å². The molecule has 10 heteroatoms. The fraction of sp³-hybridized carbons (Fsp3) is 0.375. The molecule has 2 amide bonds. The number of rotatable bonds is 16. The highest BCUT2D eigenvalue weighted by atomic mass is 35.5. The summed E-state index contributed by atoms with van der Waals surface area (Å²) in [4.78, 5) is 29.1. The van der Waals surface area contributed by atoms with E-state index in [0.717, 1.165) is 30.2 Å². The lowest BCUT2D eigenvalue weighted by molar-refractivity contribution is -0.141. The molecular weight excluding hydrogens is 574 g/mol. The summed E-state index contributed by atoms with van der Waals surface area (Å²) in [6, 6.07) is 22.9. The third-order valence-electron chi connectivity index (χ3n) is 6.84. The summed E-state index contributed by atoms with van der Waals surface area (Å²) in [5.74, 6) is 0.182. The Balaban J connectivity index is 1.89. The molecule has 8 nitrogen and oxygen atoms in total. The number of methoxy groups -OCH3 is 1. The molecule has 0 fully saturated rings. The van der Waals surface area contributed by atoms with Crippen LogP contribution >= 0.6 is 11.6 Å². The first-order valence-corrected chi connectivity index (χ1v) is 16.3. The molecular formula is C32H40ClN3O5S. The number of nitrogens with one attached hydrogen (secondary N) is 1. The maximum absolute atomic E-state index is 13.9. The highest BCUT2D eigenvalue weighted by Gasteiger charge is 2.30. The molecule has 0 unspecified atom stereocenters. The van der Waals surface area contributed by atoms with Crippen molar-refractivity contribution < 1.29 is 22.7 Å². The minimum atomic E-state index is -3.62. The van der Waals surface area contributed by atoms with Crippen molar-refractivity contribution >= 4 is 39.1 Å². The van der Waals surface area contributed by atoms with E-state index in [9.17, 15) is 18.0 Å². The molecule has 3 aromatic rings. The van der Waals surface area contributed by atoms with Crippen LogP contribution in [0.3, 0.4) is 0 Å². The van der Waals surface area contributed by atoms with Gasteiger partial charge in [0.15, 0.2) is 0 Å². The molecule has 226 valence electrons. The largest absolute Gasteiger partial charge is 0.497 e. The second kappa shape index (κ2) is 16.2. The van der Waals surface area contributed by atoms with Crippen molar-refractivity contribution in [2.45, 2.75) is 51.6 Å². The number of unbranched alkanes of at least 4 members (excludes halogenated alkanes) is 1. The van der Waals surface area contributed by atoms with Crippen LogP contribution in [0.15, 0.2) is 78.9 Å². The second-order valence-corrected chi connectivity index (χ2v) is 12.5. The zero-order valence-corrected chi connectivity index (χ0v) is 26.0. The van der Waals surface area contributed by atoms with E-state index in [1.165, 1.54) is 4.31 Å². The summed E-state index contributed by atoms with van der Waals surface area (Å²) in [7, 11) is -2.04. The van der Waals surface area contributed by atoms with E-state index in [1.807, 2.05) is 54.6 Å². The Labute approximate surface area is 254 Å². The van der Waals surface area contributed by atoms with E-state index in [0.29, 0.717) is 29.4 Å². The lowest BCUT2D eigenvalue weighted by Crippen LogP contribution is -2.50. The van der Waals surface area contributed by atoms with Gasteiger partial charge < -0.3 is 15.0 Å². The minimum Gasteiger partial charge on any atom is -0.497 e. The molecule has 0 heterocycles. The van der Waals surface area contributed by atoms with Gasteiger partial charge in [0, 0.05) is 37.5 Å². The Kier molecular flexibility index (Phi) is 12.7. The molecule has 0 aliphatic heterocycles. The molecule has 0 aromatic heterocycles. The van der Waals surface area contributed by atoms with Crippen LogP contribution in [0.1, 0.15) is 43.7 Å². The number of amides is 2. The van der Waals surface area contributed by atoms with Crippen LogP contribution in [0, 0.1) is 0 Å². The first kappa shape index (κ1) is 32.9. The van der Waals surface area contributed by atoms with Gasteiger partial charge in [-0.3, -0.25) is 13.9 Å². The summed E-state index contributed by atoms with van der Waals surface area (Å²) >= 11 is 6.11. The van der Waals surface area contributed by atoms with Gasteiger partial charge in [0.1, 0.15) is 11.8 Å². The fourth-order valence-corrected chi connectivity index (χ4v) is 5.80. The van der Waals surface area contributed by atoms with Crippen molar-refractivity contribution in [3.05, 3.63) is 95.0 Å². The number of sulfonamides is 1. The van der Waals surface area contributed by atoms with Gasteiger partial charge in [-0.05, 0) is 54.3 Å². The molecule has 0 saturated heterocycles. The molecule has 1 atom stereocenters. The van der Waals surface area contributed by atoms with Crippen LogP contribution in [0.25, 0.3) is 0 Å². The third kappa shape index (κ3) is 10.1. The molecule has 0 saturated carbocycles. The predicted octanol–water partition coefficient (Wildman–Crippen LogP) is 5.45. The highest BCUT2D eigenvalue weighted by Crippen LogP contribution is 2.23. The van der Waals surface area contributed by atoms with Gasteiger partial charge in [-0.2, -0.15) is 0 Å². The van der Waals surface area contributed by atoms with Gasteiger partial charge >= 0.3 is 0 Å². The number of hydrogen-bond donors (Lipinski definition) is 1. The Hall–Kier alpha value is -3.56. The molecule has 0 bridgehead atoms. The van der Waals surface area contributed by atoms with Gasteiger partial charge in [-0.25, -0.2) is 8.42 Å². The normalized spacial score (nSPS) is 11.9. The van der Waals surface area contributed by atoms with E-state index in [2.05, 4.69) is 12.2 Å². The molecule has 0 aliphatic carbocycles. The Morgan fingerprint density at radius 2 is 1.67 bits per heavy atom. The summed E-state index contributed by atoms with van der Waals surface area (Å²) in [6.07, 6.45) is 3.53. The highest BCUT2D eigenvalue weighted by molar-refractivity contribution is 7.92. The summed E-state index contributed by atoms with van der Waals surface area (Å²) in [5.41, 5.74) is 2.18. The minimum absolute atomic E-state index is 0.0457. The third-order valence-corrected chi connectivity index (χ3v) is 8.27. The van der Waals surface area contributed by atoms with Crippen LogP contribution in [0.4, 0.5) is 5.69 Å². The number of halogens is 1. The first-order chi connectivity index (χ1) is 20.1. The topological polar surface area (TPSA) is 96.0 Å². The zero-order chi connectivity index (χ0) is 30.5. The smallest absolute Gasteiger partial charge is 0.243 e. The van der Waals surface area contributed by atoms with Crippen molar-refractivity contribution in [2.75, 3.05) is 30.8 Å². The monoisotopic (exact) mass is 613 g/mol. The molecule has 42 heavy (non-hydrogen) atoms. The summed E-state index contributed by atoms with van der Waals surface area (Å²) in [5, 5.41) is 3.43. The number of benzene rings is 3. The van der Waals surface area contributed by atoms with Crippen molar-refractivity contribution in [3.8, 4) is 5.75 Å². The summed E-state index contributed by atoms with van der Waals surface area (Å²) < 4.78 is 31.8. The van der Waals surface area contributed by atoms with Crippen LogP contribution in [0.5, 0.6) is 5.75 Å². The molecule has 3 aromatic carbocycles. The van der Waals surface area contributed by atoms with E-state index < -0.39 is 16.1 Å². The number of nitrogens with zero attached hydrogens (tertiary/aromatic N) is 2. The second-order valence-electron chi connectivity index (χ2n) is 10.1. The van der Waals surface area contributed by atoms with Gasteiger partial charge in [0.2, 0.25) is 21.8 Å². The van der Waals surface area contributed by atoms with E-state index in [-0.39, 0.29) is 37.7 Å². The lowest BCUT2D eigenvalue weighted by atomic mass is 10.0. The molecule has 0 aliphatic rings. The first-order valence-electron chi connectivity index (χ1n) is 14.1. The van der Waals surface area contributed by atoms with Crippen LogP contribution in [-0.4, -0.2) is 57.6 Å². The average Bonchev–Trinajstić information content (AvgIpc) is 2.97. The van der Waals surface area contributed by atoms with Gasteiger partial charge in [-0.15, -0.1) is 0 Å². The Bertz CT molecular complexity index is 1420. The Morgan fingerprint density at radius 1 is 0.952 bits per heavy atom.